The van der Waals surface area contributed by atoms with Crippen LogP contribution in [0.3, 0.4) is 0 Å². The lowest BCUT2D eigenvalue weighted by Gasteiger charge is -2.12. The van der Waals surface area contributed by atoms with Gasteiger partial charge in [0.1, 0.15) is 4.21 Å². The Morgan fingerprint density at radius 1 is 1.43 bits per heavy atom. The van der Waals surface area contributed by atoms with Crippen molar-refractivity contribution in [3.05, 3.63) is 17.0 Å². The van der Waals surface area contributed by atoms with E-state index in [1.165, 1.54) is 24.2 Å². The average Bonchev–Trinajstić information content (AvgIpc) is 3.11. The first-order valence-electron chi connectivity index (χ1n) is 7.34. The zero-order chi connectivity index (χ0) is 15.3. The fourth-order valence-electron chi connectivity index (χ4n) is 2.00. The van der Waals surface area contributed by atoms with E-state index >= 15 is 0 Å². The normalized spacial score (nSPS) is 17.0. The molecule has 7 heteroatoms. The van der Waals surface area contributed by atoms with Crippen molar-refractivity contribution in [1.82, 2.24) is 10.0 Å². The number of thiophene rings is 1. The predicted octanol–water partition coefficient (Wildman–Crippen LogP) is 1.75. The van der Waals surface area contributed by atoms with Gasteiger partial charge in [-0.15, -0.1) is 11.3 Å². The van der Waals surface area contributed by atoms with Crippen LogP contribution in [0.25, 0.3) is 0 Å². The molecule has 21 heavy (non-hydrogen) atoms. The Hall–Kier alpha value is -0.470. The van der Waals surface area contributed by atoms with Gasteiger partial charge in [-0.25, -0.2) is 13.1 Å². The number of methoxy groups -OCH3 is 1. The number of hydrogen-bond donors (Lipinski definition) is 2. The summed E-state index contributed by atoms with van der Waals surface area (Å²) in [6.07, 6.45) is 4.09. The topological polar surface area (TPSA) is 67.4 Å². The molecular weight excluding hydrogens is 308 g/mol. The smallest absolute Gasteiger partial charge is 0.250 e. The van der Waals surface area contributed by atoms with Crippen molar-refractivity contribution in [1.29, 1.82) is 0 Å². The van der Waals surface area contributed by atoms with E-state index in [0.29, 0.717) is 23.3 Å². The molecule has 0 bridgehead atoms. The summed E-state index contributed by atoms with van der Waals surface area (Å²) in [5.41, 5.74) is 0. The van der Waals surface area contributed by atoms with E-state index in [1.54, 1.807) is 13.2 Å². The lowest BCUT2D eigenvalue weighted by atomic mass is 10.3. The molecule has 120 valence electrons. The fourth-order valence-corrected chi connectivity index (χ4v) is 4.65. The number of rotatable bonds is 10. The summed E-state index contributed by atoms with van der Waals surface area (Å²) < 4.78 is 32.6. The Balaban J connectivity index is 1.85. The standard InChI is InChI=1S/C14H24N2O3S2/c1-11(8-10-19-2)16-21(17,18)14-6-5-13(20-14)7-9-15-12-3-4-12/h5-6,11-12,15-16H,3-4,7-10H2,1-2H3. The first-order valence-corrected chi connectivity index (χ1v) is 9.64. The molecule has 0 spiro atoms. The van der Waals surface area contributed by atoms with Crippen LogP contribution in [0.15, 0.2) is 16.3 Å². The van der Waals surface area contributed by atoms with Crippen LogP contribution < -0.4 is 10.0 Å². The van der Waals surface area contributed by atoms with Gasteiger partial charge in [-0.2, -0.15) is 0 Å². The Bertz CT molecular complexity index is 538. The van der Waals surface area contributed by atoms with Gasteiger partial charge in [0.25, 0.3) is 0 Å². The molecule has 1 atom stereocenters. The molecule has 0 saturated heterocycles. The highest BCUT2D eigenvalue weighted by Crippen LogP contribution is 2.23. The van der Waals surface area contributed by atoms with Crippen LogP contribution in [-0.2, 0) is 21.2 Å². The molecule has 0 amide bonds. The zero-order valence-electron chi connectivity index (χ0n) is 12.6. The number of ether oxygens (including phenoxy) is 1. The van der Waals surface area contributed by atoms with Crippen LogP contribution in [0, 0.1) is 0 Å². The summed E-state index contributed by atoms with van der Waals surface area (Å²) >= 11 is 1.36. The highest BCUT2D eigenvalue weighted by Gasteiger charge is 2.21. The average molecular weight is 332 g/mol. The van der Waals surface area contributed by atoms with Gasteiger partial charge in [-0.05, 0) is 44.7 Å². The maximum absolute atomic E-state index is 12.3. The Morgan fingerprint density at radius 2 is 2.19 bits per heavy atom. The molecule has 1 aromatic rings. The van der Waals surface area contributed by atoms with Crippen LogP contribution in [0.4, 0.5) is 0 Å². The predicted molar refractivity (Wildman–Crippen MR) is 85.3 cm³/mol. The number of nitrogens with one attached hydrogen (secondary N) is 2. The molecule has 2 rings (SSSR count). The SMILES string of the molecule is COCCC(C)NS(=O)(=O)c1ccc(CCNC2CC2)s1. The van der Waals surface area contributed by atoms with Gasteiger partial charge in [0.05, 0.1) is 0 Å². The molecular formula is C14H24N2O3S2. The van der Waals surface area contributed by atoms with E-state index in [1.807, 2.05) is 13.0 Å². The van der Waals surface area contributed by atoms with Crippen LogP contribution in [0.1, 0.15) is 31.1 Å². The second kappa shape index (κ2) is 7.69. The maximum Gasteiger partial charge on any atom is 0.250 e. The van der Waals surface area contributed by atoms with Gasteiger partial charge in [0.15, 0.2) is 0 Å². The lowest BCUT2D eigenvalue weighted by molar-refractivity contribution is 0.188. The minimum Gasteiger partial charge on any atom is -0.385 e. The molecule has 1 aliphatic carbocycles. The van der Waals surface area contributed by atoms with Crippen molar-refractivity contribution >= 4 is 21.4 Å². The third-order valence-electron chi connectivity index (χ3n) is 3.39. The van der Waals surface area contributed by atoms with Crippen molar-refractivity contribution in [3.8, 4) is 0 Å². The quantitative estimate of drug-likeness (QED) is 0.685. The van der Waals surface area contributed by atoms with Gasteiger partial charge < -0.3 is 10.1 Å². The minimum atomic E-state index is -3.41. The van der Waals surface area contributed by atoms with Crippen LogP contribution in [-0.4, -0.2) is 40.8 Å². The summed E-state index contributed by atoms with van der Waals surface area (Å²) in [4.78, 5) is 1.10. The van der Waals surface area contributed by atoms with Crippen LogP contribution in [0.2, 0.25) is 0 Å². The van der Waals surface area contributed by atoms with Crippen molar-refractivity contribution < 1.29 is 13.2 Å². The van der Waals surface area contributed by atoms with Crippen molar-refractivity contribution in [2.45, 2.75) is 48.9 Å². The number of hydrogen-bond acceptors (Lipinski definition) is 5. The summed E-state index contributed by atoms with van der Waals surface area (Å²) in [5.74, 6) is 0. The molecule has 2 N–H and O–H groups in total. The molecule has 1 fully saturated rings. The first-order chi connectivity index (χ1) is 10.0. The first kappa shape index (κ1) is 16.9. The van der Waals surface area contributed by atoms with Crippen molar-refractivity contribution in [2.24, 2.45) is 0 Å². The van der Waals surface area contributed by atoms with E-state index in [0.717, 1.165) is 17.8 Å². The Morgan fingerprint density at radius 3 is 2.86 bits per heavy atom. The van der Waals surface area contributed by atoms with E-state index in [-0.39, 0.29) is 6.04 Å². The van der Waals surface area contributed by atoms with Gasteiger partial charge >= 0.3 is 0 Å². The van der Waals surface area contributed by atoms with Gasteiger partial charge in [-0.3, -0.25) is 0 Å². The van der Waals surface area contributed by atoms with E-state index in [2.05, 4.69) is 10.0 Å². The summed E-state index contributed by atoms with van der Waals surface area (Å²) in [6.45, 7) is 3.32. The second-order valence-electron chi connectivity index (χ2n) is 5.50. The molecule has 1 unspecified atom stereocenters. The molecule has 1 aliphatic rings. The van der Waals surface area contributed by atoms with Gasteiger partial charge in [0.2, 0.25) is 10.0 Å². The lowest BCUT2D eigenvalue weighted by Crippen LogP contribution is -2.32. The molecule has 0 radical (unpaired) electrons. The van der Waals surface area contributed by atoms with Gasteiger partial charge in [0, 0.05) is 37.2 Å². The summed E-state index contributed by atoms with van der Waals surface area (Å²) in [5, 5.41) is 3.44. The Labute approximate surface area is 131 Å². The minimum absolute atomic E-state index is 0.128. The molecule has 0 aliphatic heterocycles. The Kier molecular flexibility index (Phi) is 6.19. The maximum atomic E-state index is 12.3. The third-order valence-corrected chi connectivity index (χ3v) is 6.62. The van der Waals surface area contributed by atoms with E-state index in [9.17, 15) is 8.42 Å². The number of sulfonamides is 1. The molecule has 1 heterocycles. The highest BCUT2D eigenvalue weighted by molar-refractivity contribution is 7.91. The van der Waals surface area contributed by atoms with E-state index < -0.39 is 10.0 Å². The zero-order valence-corrected chi connectivity index (χ0v) is 14.2. The second-order valence-corrected chi connectivity index (χ2v) is 8.61. The molecule has 1 saturated carbocycles. The fraction of sp³-hybridized carbons (Fsp3) is 0.714. The molecule has 5 nitrogen and oxygen atoms in total. The summed E-state index contributed by atoms with van der Waals surface area (Å²) in [6, 6.07) is 4.17. The van der Waals surface area contributed by atoms with Crippen LogP contribution in [0.5, 0.6) is 0 Å². The molecule has 0 aromatic carbocycles. The van der Waals surface area contributed by atoms with Crippen molar-refractivity contribution in [3.63, 3.8) is 0 Å². The van der Waals surface area contributed by atoms with Gasteiger partial charge in [-0.1, -0.05) is 0 Å². The summed E-state index contributed by atoms with van der Waals surface area (Å²) in [7, 11) is -1.79. The molecule has 1 aromatic heterocycles. The van der Waals surface area contributed by atoms with Crippen LogP contribution >= 0.6 is 11.3 Å². The monoisotopic (exact) mass is 332 g/mol. The largest absolute Gasteiger partial charge is 0.385 e. The van der Waals surface area contributed by atoms with Crippen molar-refractivity contribution in [2.75, 3.05) is 20.3 Å². The van der Waals surface area contributed by atoms with E-state index in [4.69, 9.17) is 4.74 Å². The highest BCUT2D eigenvalue weighted by atomic mass is 32.2. The third kappa shape index (κ3) is 5.67.